The van der Waals surface area contributed by atoms with Gasteiger partial charge in [0.05, 0.1) is 11.4 Å². The van der Waals surface area contributed by atoms with E-state index in [-0.39, 0.29) is 17.7 Å². The van der Waals surface area contributed by atoms with E-state index in [9.17, 15) is 9.59 Å². The second-order valence-electron chi connectivity index (χ2n) is 7.93. The van der Waals surface area contributed by atoms with Crippen molar-refractivity contribution in [3.8, 4) is 5.69 Å². The van der Waals surface area contributed by atoms with Crippen molar-refractivity contribution in [2.24, 2.45) is 5.41 Å². The number of aromatic nitrogens is 2. The van der Waals surface area contributed by atoms with Crippen LogP contribution in [0.5, 0.6) is 0 Å². The fourth-order valence-corrected chi connectivity index (χ4v) is 3.65. The number of ether oxygens (including phenoxy) is 1. The van der Waals surface area contributed by atoms with E-state index in [4.69, 9.17) is 9.84 Å². The van der Waals surface area contributed by atoms with Gasteiger partial charge in [-0.15, -0.1) is 0 Å². The number of nitrogens with one attached hydrogen (secondary N) is 1. The lowest BCUT2D eigenvalue weighted by molar-refractivity contribution is -0.136. The van der Waals surface area contributed by atoms with E-state index in [0.717, 1.165) is 48.5 Å². The number of hydrogen-bond acceptors (Lipinski definition) is 4. The van der Waals surface area contributed by atoms with Crippen molar-refractivity contribution in [2.45, 2.75) is 46.0 Å². The fraction of sp³-hybridized carbons (Fsp3) is 0.500. The zero-order valence-electron chi connectivity index (χ0n) is 17.3. The molecule has 0 radical (unpaired) electrons. The van der Waals surface area contributed by atoms with Gasteiger partial charge in [-0.1, -0.05) is 0 Å². The standard InChI is InChI=1S/C22H29N3O4/c1-15-19(8-9-20(26)27)16(2)25(24-15)18-6-4-17(5-7-18)21(28)23-14-22(10-11-22)12-13-29-3/h4-7H,8-14H2,1-3H3,(H,23,28)(H,26,27). The van der Waals surface area contributed by atoms with Crippen LogP contribution in [0.15, 0.2) is 24.3 Å². The summed E-state index contributed by atoms with van der Waals surface area (Å²) in [5, 5.41) is 16.5. The van der Waals surface area contributed by atoms with Crippen molar-refractivity contribution in [1.29, 1.82) is 0 Å². The van der Waals surface area contributed by atoms with Gasteiger partial charge in [-0.25, -0.2) is 4.68 Å². The van der Waals surface area contributed by atoms with Gasteiger partial charge in [0.1, 0.15) is 0 Å². The number of carboxylic acids is 1. The molecule has 7 nitrogen and oxygen atoms in total. The van der Waals surface area contributed by atoms with Crippen LogP contribution in [0.4, 0.5) is 0 Å². The molecule has 1 amide bonds. The normalized spacial score (nSPS) is 14.6. The van der Waals surface area contributed by atoms with E-state index in [1.165, 1.54) is 0 Å². The molecule has 1 heterocycles. The minimum Gasteiger partial charge on any atom is -0.481 e. The van der Waals surface area contributed by atoms with E-state index in [2.05, 4.69) is 10.4 Å². The third-order valence-corrected chi connectivity index (χ3v) is 5.82. The number of hydrogen-bond donors (Lipinski definition) is 2. The first-order valence-corrected chi connectivity index (χ1v) is 10.00. The smallest absolute Gasteiger partial charge is 0.303 e. The maximum atomic E-state index is 12.5. The first-order valence-electron chi connectivity index (χ1n) is 10.00. The van der Waals surface area contributed by atoms with E-state index in [1.807, 2.05) is 26.0 Å². The predicted molar refractivity (Wildman–Crippen MR) is 109 cm³/mol. The van der Waals surface area contributed by atoms with Crippen molar-refractivity contribution in [2.75, 3.05) is 20.3 Å². The van der Waals surface area contributed by atoms with Crippen LogP contribution in [0.3, 0.4) is 0 Å². The fourth-order valence-electron chi connectivity index (χ4n) is 3.65. The molecular weight excluding hydrogens is 370 g/mol. The SMILES string of the molecule is COCCC1(CNC(=O)c2ccc(-n3nc(C)c(CCC(=O)O)c3C)cc2)CC1. The van der Waals surface area contributed by atoms with Gasteiger partial charge in [-0.05, 0) is 74.8 Å². The Balaban J connectivity index is 1.65. The molecule has 3 rings (SSSR count). The summed E-state index contributed by atoms with van der Waals surface area (Å²) >= 11 is 0. The van der Waals surface area contributed by atoms with Crippen LogP contribution in [0.2, 0.25) is 0 Å². The zero-order valence-corrected chi connectivity index (χ0v) is 17.3. The number of aliphatic carboxylic acids is 1. The van der Waals surface area contributed by atoms with Gasteiger partial charge < -0.3 is 15.2 Å². The Hall–Kier alpha value is -2.67. The summed E-state index contributed by atoms with van der Waals surface area (Å²) in [5.41, 5.74) is 4.39. The summed E-state index contributed by atoms with van der Waals surface area (Å²) in [4.78, 5) is 23.4. The summed E-state index contributed by atoms with van der Waals surface area (Å²) in [6, 6.07) is 7.33. The first kappa shape index (κ1) is 21.0. The van der Waals surface area contributed by atoms with Crippen LogP contribution in [0.25, 0.3) is 5.69 Å². The van der Waals surface area contributed by atoms with Crippen LogP contribution in [0.1, 0.15) is 53.0 Å². The molecule has 0 aliphatic heterocycles. The molecule has 0 atom stereocenters. The van der Waals surface area contributed by atoms with Crippen LogP contribution in [-0.4, -0.2) is 47.0 Å². The molecule has 0 spiro atoms. The highest BCUT2D eigenvalue weighted by Gasteiger charge is 2.42. The van der Waals surface area contributed by atoms with E-state index >= 15 is 0 Å². The summed E-state index contributed by atoms with van der Waals surface area (Å²) in [6.45, 7) is 5.23. The van der Waals surface area contributed by atoms with Gasteiger partial charge in [0.25, 0.3) is 5.91 Å². The van der Waals surface area contributed by atoms with E-state index < -0.39 is 5.97 Å². The minimum absolute atomic E-state index is 0.0734. The molecule has 1 saturated carbocycles. The van der Waals surface area contributed by atoms with Crippen LogP contribution in [-0.2, 0) is 16.0 Å². The second kappa shape index (κ2) is 8.78. The van der Waals surface area contributed by atoms with Gasteiger partial charge in [-0.3, -0.25) is 9.59 Å². The Kier molecular flexibility index (Phi) is 6.37. The average molecular weight is 399 g/mol. The Labute approximate surface area is 171 Å². The molecule has 0 saturated heterocycles. The number of amides is 1. The first-order chi connectivity index (χ1) is 13.8. The molecule has 29 heavy (non-hydrogen) atoms. The van der Waals surface area contributed by atoms with Gasteiger partial charge in [-0.2, -0.15) is 5.10 Å². The van der Waals surface area contributed by atoms with Gasteiger partial charge in [0.2, 0.25) is 0 Å². The van der Waals surface area contributed by atoms with Crippen LogP contribution >= 0.6 is 0 Å². The maximum absolute atomic E-state index is 12.5. The predicted octanol–water partition coefficient (Wildman–Crippen LogP) is 3.05. The number of carbonyl (C=O) groups is 2. The Morgan fingerprint density at radius 1 is 1.24 bits per heavy atom. The maximum Gasteiger partial charge on any atom is 0.303 e. The Bertz CT molecular complexity index is 882. The third-order valence-electron chi connectivity index (χ3n) is 5.82. The third kappa shape index (κ3) is 5.03. The average Bonchev–Trinajstić information content (AvgIpc) is 3.42. The number of rotatable bonds is 10. The lowest BCUT2D eigenvalue weighted by Crippen LogP contribution is -2.30. The molecule has 1 aliphatic carbocycles. The highest BCUT2D eigenvalue weighted by molar-refractivity contribution is 5.94. The van der Waals surface area contributed by atoms with Crippen molar-refractivity contribution in [3.05, 3.63) is 46.8 Å². The quantitative estimate of drug-likeness (QED) is 0.640. The van der Waals surface area contributed by atoms with Crippen LogP contribution in [0, 0.1) is 19.3 Å². The molecule has 156 valence electrons. The Morgan fingerprint density at radius 2 is 1.93 bits per heavy atom. The molecule has 7 heteroatoms. The molecular formula is C22H29N3O4. The Morgan fingerprint density at radius 3 is 2.52 bits per heavy atom. The summed E-state index contributed by atoms with van der Waals surface area (Å²) in [5.74, 6) is -0.891. The van der Waals surface area contributed by atoms with E-state index in [0.29, 0.717) is 18.5 Å². The van der Waals surface area contributed by atoms with E-state index in [1.54, 1.807) is 23.9 Å². The van der Waals surface area contributed by atoms with Crippen molar-refractivity contribution < 1.29 is 19.4 Å². The van der Waals surface area contributed by atoms with Gasteiger partial charge in [0.15, 0.2) is 0 Å². The number of methoxy groups -OCH3 is 1. The molecule has 1 aromatic heterocycles. The van der Waals surface area contributed by atoms with Gasteiger partial charge in [0, 0.05) is 37.9 Å². The topological polar surface area (TPSA) is 93.5 Å². The number of carbonyl (C=O) groups excluding carboxylic acids is 1. The molecule has 1 fully saturated rings. The van der Waals surface area contributed by atoms with Crippen LogP contribution < -0.4 is 5.32 Å². The lowest BCUT2D eigenvalue weighted by Gasteiger charge is -2.15. The number of carboxylic acid groups (broad SMARTS) is 1. The molecule has 2 N–H and O–H groups in total. The molecule has 0 bridgehead atoms. The highest BCUT2D eigenvalue weighted by atomic mass is 16.5. The molecule has 1 aromatic carbocycles. The summed E-state index contributed by atoms with van der Waals surface area (Å²) in [6.07, 6.45) is 3.79. The molecule has 2 aromatic rings. The monoisotopic (exact) mass is 399 g/mol. The molecule has 0 unspecified atom stereocenters. The number of benzene rings is 1. The largest absolute Gasteiger partial charge is 0.481 e. The summed E-state index contributed by atoms with van der Waals surface area (Å²) < 4.78 is 6.96. The summed E-state index contributed by atoms with van der Waals surface area (Å²) in [7, 11) is 1.70. The number of aryl methyl sites for hydroxylation is 1. The minimum atomic E-state index is -0.817. The lowest BCUT2D eigenvalue weighted by atomic mass is 10.0. The number of nitrogens with zero attached hydrogens (tertiary/aromatic N) is 2. The zero-order chi connectivity index (χ0) is 21.0. The van der Waals surface area contributed by atoms with Crippen molar-refractivity contribution in [3.63, 3.8) is 0 Å². The van der Waals surface area contributed by atoms with Gasteiger partial charge >= 0.3 is 5.97 Å². The highest BCUT2D eigenvalue weighted by Crippen LogP contribution is 2.48. The van der Waals surface area contributed by atoms with Crippen molar-refractivity contribution in [1.82, 2.24) is 15.1 Å². The molecule has 1 aliphatic rings. The van der Waals surface area contributed by atoms with Crippen molar-refractivity contribution >= 4 is 11.9 Å². The second-order valence-corrected chi connectivity index (χ2v) is 7.93.